The molecule has 21 heavy (non-hydrogen) atoms. The molecule has 6 heteroatoms. The van der Waals surface area contributed by atoms with Crippen molar-refractivity contribution in [3.8, 4) is 0 Å². The van der Waals surface area contributed by atoms with Crippen molar-refractivity contribution in [3.05, 3.63) is 0 Å². The minimum atomic E-state index is -4.21. The largest absolute Gasteiger partial charge is 0.401 e. The number of hydrogen-bond donors (Lipinski definition) is 2. The van der Waals surface area contributed by atoms with Gasteiger partial charge in [-0.2, -0.15) is 13.2 Å². The third-order valence-electron chi connectivity index (χ3n) is 4.47. The van der Waals surface area contributed by atoms with Gasteiger partial charge in [-0.15, -0.1) is 0 Å². The van der Waals surface area contributed by atoms with Crippen molar-refractivity contribution in [2.24, 2.45) is 11.8 Å². The first kappa shape index (κ1) is 18.7. The van der Waals surface area contributed by atoms with Gasteiger partial charge in [0.15, 0.2) is 0 Å². The molecule has 0 heterocycles. The van der Waals surface area contributed by atoms with Crippen LogP contribution in [0.4, 0.5) is 13.2 Å². The minimum Gasteiger partial charge on any atom is -0.395 e. The van der Waals surface area contributed by atoms with Crippen molar-refractivity contribution >= 4 is 0 Å². The Kier molecular flexibility index (Phi) is 7.98. The summed E-state index contributed by atoms with van der Waals surface area (Å²) in [5, 5.41) is 12.3. The Morgan fingerprint density at radius 1 is 1.29 bits per heavy atom. The second-order valence-corrected chi connectivity index (χ2v) is 6.20. The molecule has 126 valence electrons. The van der Waals surface area contributed by atoms with E-state index in [2.05, 4.69) is 12.2 Å². The van der Waals surface area contributed by atoms with Gasteiger partial charge in [0.2, 0.25) is 0 Å². The summed E-state index contributed by atoms with van der Waals surface area (Å²) in [6.45, 7) is 1.49. The monoisotopic (exact) mass is 310 g/mol. The van der Waals surface area contributed by atoms with Crippen LogP contribution >= 0.6 is 0 Å². The molecule has 3 atom stereocenters. The van der Waals surface area contributed by atoms with Crippen LogP contribution in [0.1, 0.15) is 39.0 Å². The molecule has 3 nitrogen and oxygen atoms in total. The fraction of sp³-hybridized carbons (Fsp3) is 1.00. The summed E-state index contributed by atoms with van der Waals surface area (Å²) in [4.78, 5) is 1.35. The van der Waals surface area contributed by atoms with Gasteiger partial charge in [-0.25, -0.2) is 0 Å². The van der Waals surface area contributed by atoms with E-state index in [-0.39, 0.29) is 25.1 Å². The van der Waals surface area contributed by atoms with Gasteiger partial charge in [0.05, 0.1) is 13.2 Å². The highest BCUT2D eigenvalue weighted by molar-refractivity contribution is 4.86. The van der Waals surface area contributed by atoms with Crippen molar-refractivity contribution in [1.29, 1.82) is 0 Å². The summed E-state index contributed by atoms with van der Waals surface area (Å²) in [7, 11) is 1.89. The SMILES string of the molecule is CCCC1CCC(NC)C(CN(CCO)CC(F)(F)F)C1. The van der Waals surface area contributed by atoms with Gasteiger partial charge >= 0.3 is 6.18 Å². The molecule has 3 unspecified atom stereocenters. The number of aliphatic hydroxyl groups excluding tert-OH is 1. The molecule has 1 fully saturated rings. The third-order valence-corrected chi connectivity index (χ3v) is 4.47. The number of rotatable bonds is 8. The van der Waals surface area contributed by atoms with E-state index in [1.54, 1.807) is 0 Å². The predicted octanol–water partition coefficient (Wildman–Crippen LogP) is 2.65. The topological polar surface area (TPSA) is 35.5 Å². The second kappa shape index (κ2) is 8.96. The average molecular weight is 310 g/mol. The van der Waals surface area contributed by atoms with Crippen LogP contribution in [0.2, 0.25) is 0 Å². The average Bonchev–Trinajstić information content (AvgIpc) is 2.38. The lowest BCUT2D eigenvalue weighted by molar-refractivity contribution is -0.148. The number of aliphatic hydroxyl groups is 1. The van der Waals surface area contributed by atoms with Crippen molar-refractivity contribution < 1.29 is 18.3 Å². The lowest BCUT2D eigenvalue weighted by Gasteiger charge is -2.39. The quantitative estimate of drug-likeness (QED) is 0.723. The van der Waals surface area contributed by atoms with Gasteiger partial charge in [0.25, 0.3) is 0 Å². The highest BCUT2D eigenvalue weighted by atomic mass is 19.4. The van der Waals surface area contributed by atoms with Gasteiger partial charge in [-0.1, -0.05) is 19.8 Å². The van der Waals surface area contributed by atoms with E-state index in [9.17, 15) is 13.2 Å². The summed E-state index contributed by atoms with van der Waals surface area (Å²) >= 11 is 0. The van der Waals surface area contributed by atoms with E-state index < -0.39 is 12.7 Å². The molecular weight excluding hydrogens is 281 g/mol. The molecule has 1 aliphatic rings. The van der Waals surface area contributed by atoms with E-state index in [1.807, 2.05) is 7.05 Å². The molecule has 0 aliphatic heterocycles. The Morgan fingerprint density at radius 2 is 2.00 bits per heavy atom. The predicted molar refractivity (Wildman–Crippen MR) is 78.2 cm³/mol. The molecular formula is C15H29F3N2O. The molecule has 0 aromatic heterocycles. The standard InChI is InChI=1S/C15H29F3N2O/c1-3-4-12-5-6-14(19-2)13(9-12)10-20(7-8-21)11-15(16,17)18/h12-14,19,21H,3-11H2,1-2H3. The molecule has 0 spiro atoms. The molecule has 0 aromatic rings. The maximum absolute atomic E-state index is 12.6. The van der Waals surface area contributed by atoms with Crippen LogP contribution < -0.4 is 5.32 Å². The number of hydrogen-bond acceptors (Lipinski definition) is 3. The summed E-state index contributed by atoms with van der Waals surface area (Å²) in [5.41, 5.74) is 0. The lowest BCUT2D eigenvalue weighted by atomic mass is 9.76. The first-order valence-corrected chi connectivity index (χ1v) is 7.96. The molecule has 1 saturated carbocycles. The number of alkyl halides is 3. The summed E-state index contributed by atoms with van der Waals surface area (Å²) in [6.07, 6.45) is 1.26. The molecule has 0 amide bonds. The molecule has 1 aliphatic carbocycles. The number of nitrogens with zero attached hydrogens (tertiary/aromatic N) is 1. The Morgan fingerprint density at radius 3 is 2.52 bits per heavy atom. The van der Waals surface area contributed by atoms with Crippen molar-refractivity contribution in [2.45, 2.75) is 51.2 Å². The van der Waals surface area contributed by atoms with Gasteiger partial charge in [0, 0.05) is 19.1 Å². The fourth-order valence-corrected chi connectivity index (χ4v) is 3.57. The minimum absolute atomic E-state index is 0.0882. The normalized spacial score (nSPS) is 27.3. The van der Waals surface area contributed by atoms with Gasteiger partial charge in [-0.05, 0) is 38.1 Å². The van der Waals surface area contributed by atoms with Crippen molar-refractivity contribution in [3.63, 3.8) is 0 Å². The van der Waals surface area contributed by atoms with Gasteiger partial charge < -0.3 is 10.4 Å². The highest BCUT2D eigenvalue weighted by Gasteiger charge is 2.35. The summed E-state index contributed by atoms with van der Waals surface area (Å²) < 4.78 is 37.9. The Balaban J connectivity index is 2.63. The van der Waals surface area contributed by atoms with Gasteiger partial charge in [-0.3, -0.25) is 4.90 Å². The molecule has 0 bridgehead atoms. The zero-order valence-electron chi connectivity index (χ0n) is 13.1. The molecule has 1 rings (SSSR count). The van der Waals surface area contributed by atoms with Crippen molar-refractivity contribution in [1.82, 2.24) is 10.2 Å². The lowest BCUT2D eigenvalue weighted by Crippen LogP contribution is -2.47. The van der Waals surface area contributed by atoms with E-state index in [0.717, 1.165) is 32.1 Å². The highest BCUT2D eigenvalue weighted by Crippen LogP contribution is 2.33. The first-order valence-electron chi connectivity index (χ1n) is 7.96. The molecule has 0 saturated heterocycles. The number of nitrogens with one attached hydrogen (secondary N) is 1. The van der Waals surface area contributed by atoms with E-state index in [0.29, 0.717) is 12.5 Å². The first-order chi connectivity index (χ1) is 9.89. The second-order valence-electron chi connectivity index (χ2n) is 6.20. The van der Waals surface area contributed by atoms with Crippen molar-refractivity contribution in [2.75, 3.05) is 33.3 Å². The fourth-order valence-electron chi connectivity index (χ4n) is 3.57. The zero-order chi connectivity index (χ0) is 15.9. The maximum Gasteiger partial charge on any atom is 0.401 e. The van der Waals surface area contributed by atoms with E-state index >= 15 is 0 Å². The Hall–Kier alpha value is -0.330. The van der Waals surface area contributed by atoms with Crippen LogP contribution in [0.5, 0.6) is 0 Å². The van der Waals surface area contributed by atoms with E-state index in [1.165, 1.54) is 4.90 Å². The zero-order valence-corrected chi connectivity index (χ0v) is 13.1. The molecule has 0 aromatic carbocycles. The Labute approximate surface area is 125 Å². The van der Waals surface area contributed by atoms with E-state index in [4.69, 9.17) is 5.11 Å². The smallest absolute Gasteiger partial charge is 0.395 e. The van der Waals surface area contributed by atoms with Crippen LogP contribution in [0.15, 0.2) is 0 Å². The van der Waals surface area contributed by atoms with Gasteiger partial charge in [0.1, 0.15) is 0 Å². The van der Waals surface area contributed by atoms with Crippen LogP contribution in [-0.4, -0.2) is 55.5 Å². The molecule has 2 N–H and O–H groups in total. The summed E-state index contributed by atoms with van der Waals surface area (Å²) in [5.74, 6) is 0.862. The van der Waals surface area contributed by atoms with Crippen LogP contribution in [0.3, 0.4) is 0 Å². The number of halogens is 3. The Bertz CT molecular complexity index is 287. The van der Waals surface area contributed by atoms with Crippen LogP contribution in [0.25, 0.3) is 0 Å². The molecule has 0 radical (unpaired) electrons. The summed E-state index contributed by atoms with van der Waals surface area (Å²) in [6, 6.07) is 0.285. The van der Waals surface area contributed by atoms with Crippen LogP contribution in [0, 0.1) is 11.8 Å². The maximum atomic E-state index is 12.6. The third kappa shape index (κ3) is 6.98. The van der Waals surface area contributed by atoms with Crippen LogP contribution in [-0.2, 0) is 0 Å².